The molecule has 0 aliphatic rings. The van der Waals surface area contributed by atoms with Crippen molar-refractivity contribution in [2.75, 3.05) is 0 Å². The molecule has 0 radical (unpaired) electrons. The zero-order chi connectivity index (χ0) is 15.4. The first-order valence-electron chi connectivity index (χ1n) is 6.91. The van der Waals surface area contributed by atoms with E-state index in [1.54, 1.807) is 12.1 Å². The first-order valence-corrected chi connectivity index (χ1v) is 6.91. The minimum absolute atomic E-state index is 0.0669. The van der Waals surface area contributed by atoms with E-state index in [4.69, 9.17) is 5.26 Å². The van der Waals surface area contributed by atoms with Crippen molar-refractivity contribution < 1.29 is 4.79 Å². The van der Waals surface area contributed by atoms with Crippen molar-refractivity contribution in [3.63, 3.8) is 0 Å². The van der Waals surface area contributed by atoms with Gasteiger partial charge in [-0.25, -0.2) is 0 Å². The van der Waals surface area contributed by atoms with E-state index in [0.717, 1.165) is 12.0 Å². The van der Waals surface area contributed by atoms with E-state index < -0.39 is 0 Å². The van der Waals surface area contributed by atoms with Gasteiger partial charge in [-0.15, -0.1) is 0 Å². The van der Waals surface area contributed by atoms with Crippen LogP contribution in [0.3, 0.4) is 0 Å². The quantitative estimate of drug-likeness (QED) is 0.908. The Bertz CT molecular complexity index is 501. The second kappa shape index (κ2) is 6.09. The number of benzene rings is 1. The van der Waals surface area contributed by atoms with E-state index in [2.05, 4.69) is 32.2 Å². The summed E-state index contributed by atoms with van der Waals surface area (Å²) < 4.78 is 0. The maximum Gasteiger partial charge on any atom is 0.251 e. The van der Waals surface area contributed by atoms with Crippen LogP contribution in [0.15, 0.2) is 24.3 Å². The predicted molar refractivity (Wildman–Crippen MR) is 81.4 cm³/mol. The minimum atomic E-state index is -0.249. The van der Waals surface area contributed by atoms with Crippen molar-refractivity contribution in [1.29, 1.82) is 5.26 Å². The summed E-state index contributed by atoms with van der Waals surface area (Å²) in [7, 11) is 0. The summed E-state index contributed by atoms with van der Waals surface area (Å²) in [6, 6.07) is 9.30. The monoisotopic (exact) mass is 272 g/mol. The molecule has 1 aromatic carbocycles. The molecular formula is C17H24N2O. The Morgan fingerprint density at radius 1 is 1.15 bits per heavy atom. The van der Waals surface area contributed by atoms with Crippen LogP contribution in [-0.2, 0) is 6.42 Å². The third-order valence-electron chi connectivity index (χ3n) is 2.92. The van der Waals surface area contributed by atoms with Crippen molar-refractivity contribution in [2.24, 2.45) is 5.41 Å². The lowest BCUT2D eigenvalue weighted by atomic mass is 9.81. The van der Waals surface area contributed by atoms with Gasteiger partial charge in [-0.1, -0.05) is 32.9 Å². The number of nitrogens with zero attached hydrogens (tertiary/aromatic N) is 1. The summed E-state index contributed by atoms with van der Waals surface area (Å²) in [5.41, 5.74) is 1.47. The van der Waals surface area contributed by atoms with Crippen LogP contribution in [0.5, 0.6) is 0 Å². The topological polar surface area (TPSA) is 52.9 Å². The van der Waals surface area contributed by atoms with E-state index in [1.807, 2.05) is 26.0 Å². The second-order valence-corrected chi connectivity index (χ2v) is 7.11. The van der Waals surface area contributed by atoms with Crippen LogP contribution in [0.4, 0.5) is 0 Å². The van der Waals surface area contributed by atoms with Gasteiger partial charge < -0.3 is 5.32 Å². The highest BCUT2D eigenvalue weighted by Gasteiger charge is 2.27. The highest BCUT2D eigenvalue weighted by Crippen LogP contribution is 2.27. The highest BCUT2D eigenvalue weighted by atomic mass is 16.1. The van der Waals surface area contributed by atoms with Gasteiger partial charge in [-0.3, -0.25) is 4.79 Å². The molecule has 0 saturated carbocycles. The Morgan fingerprint density at radius 2 is 1.70 bits per heavy atom. The van der Waals surface area contributed by atoms with Crippen LogP contribution in [-0.4, -0.2) is 11.4 Å². The number of nitriles is 1. The molecule has 20 heavy (non-hydrogen) atoms. The minimum Gasteiger partial charge on any atom is -0.347 e. The van der Waals surface area contributed by atoms with Crippen LogP contribution in [0, 0.1) is 16.7 Å². The fourth-order valence-corrected chi connectivity index (χ4v) is 2.61. The van der Waals surface area contributed by atoms with Crippen molar-refractivity contribution in [3.05, 3.63) is 35.4 Å². The maximum absolute atomic E-state index is 12.2. The van der Waals surface area contributed by atoms with E-state index in [0.29, 0.717) is 12.0 Å². The Morgan fingerprint density at radius 3 is 2.15 bits per heavy atom. The van der Waals surface area contributed by atoms with Crippen LogP contribution in [0.1, 0.15) is 57.0 Å². The molecule has 0 atom stereocenters. The molecule has 0 fully saturated rings. The molecule has 1 rings (SSSR count). The molecule has 0 bridgehead atoms. The Balaban J connectivity index is 2.73. The molecule has 0 heterocycles. The molecule has 1 N–H and O–H groups in total. The first-order chi connectivity index (χ1) is 9.13. The zero-order valence-corrected chi connectivity index (χ0v) is 13.1. The van der Waals surface area contributed by atoms with Gasteiger partial charge in [0.25, 0.3) is 5.91 Å². The summed E-state index contributed by atoms with van der Waals surface area (Å²) >= 11 is 0. The summed E-state index contributed by atoms with van der Waals surface area (Å²) in [4.78, 5) is 12.2. The average Bonchev–Trinajstić information content (AvgIpc) is 2.26. The van der Waals surface area contributed by atoms with Gasteiger partial charge in [0.2, 0.25) is 0 Å². The van der Waals surface area contributed by atoms with Gasteiger partial charge in [-0.05, 0) is 43.4 Å². The van der Waals surface area contributed by atoms with Gasteiger partial charge >= 0.3 is 0 Å². The fourth-order valence-electron chi connectivity index (χ4n) is 2.61. The van der Waals surface area contributed by atoms with Crippen LogP contribution in [0.25, 0.3) is 0 Å². The van der Waals surface area contributed by atoms with Crippen LogP contribution < -0.4 is 5.32 Å². The number of amides is 1. The summed E-state index contributed by atoms with van der Waals surface area (Å²) in [6.07, 6.45) is 1.27. The molecule has 1 amide bonds. The van der Waals surface area contributed by atoms with Gasteiger partial charge in [0.05, 0.1) is 12.5 Å². The lowest BCUT2D eigenvalue weighted by Gasteiger charge is -2.33. The number of rotatable bonds is 4. The third-order valence-corrected chi connectivity index (χ3v) is 2.92. The first kappa shape index (κ1) is 16.2. The Kier molecular flexibility index (Phi) is 4.94. The SMILES string of the molecule is CC(C)(C)CC(C)(C)NC(=O)c1ccc(CC#N)cc1. The van der Waals surface area contributed by atoms with E-state index in [1.165, 1.54) is 0 Å². The van der Waals surface area contributed by atoms with Crippen LogP contribution >= 0.6 is 0 Å². The standard InChI is InChI=1S/C17H24N2O/c1-16(2,3)12-17(4,5)19-15(20)14-8-6-13(7-9-14)10-11-18/h6-9H,10,12H2,1-5H3,(H,19,20). The van der Waals surface area contributed by atoms with Crippen molar-refractivity contribution in [3.8, 4) is 6.07 Å². The van der Waals surface area contributed by atoms with Crippen LogP contribution in [0.2, 0.25) is 0 Å². The molecule has 0 aliphatic carbocycles. The van der Waals surface area contributed by atoms with Crippen molar-refractivity contribution in [1.82, 2.24) is 5.32 Å². The number of carbonyl (C=O) groups excluding carboxylic acids is 1. The molecule has 0 aromatic heterocycles. The summed E-state index contributed by atoms with van der Waals surface area (Å²) in [6.45, 7) is 10.6. The smallest absolute Gasteiger partial charge is 0.251 e. The van der Waals surface area contributed by atoms with Crippen molar-refractivity contribution >= 4 is 5.91 Å². The molecular weight excluding hydrogens is 248 g/mol. The number of nitrogens with one attached hydrogen (secondary N) is 1. The van der Waals surface area contributed by atoms with E-state index >= 15 is 0 Å². The predicted octanol–water partition coefficient (Wildman–Crippen LogP) is 3.70. The largest absolute Gasteiger partial charge is 0.347 e. The van der Waals surface area contributed by atoms with E-state index in [-0.39, 0.29) is 16.9 Å². The average molecular weight is 272 g/mol. The fraction of sp³-hybridized carbons (Fsp3) is 0.529. The second-order valence-electron chi connectivity index (χ2n) is 7.11. The van der Waals surface area contributed by atoms with Gasteiger partial charge in [0.15, 0.2) is 0 Å². The molecule has 3 heteroatoms. The number of hydrogen-bond acceptors (Lipinski definition) is 2. The maximum atomic E-state index is 12.2. The normalized spacial score (nSPS) is 11.8. The molecule has 108 valence electrons. The number of hydrogen-bond donors (Lipinski definition) is 1. The van der Waals surface area contributed by atoms with Gasteiger partial charge in [-0.2, -0.15) is 5.26 Å². The Labute approximate surface area is 122 Å². The lowest BCUT2D eigenvalue weighted by Crippen LogP contribution is -2.45. The summed E-state index contributed by atoms with van der Waals surface area (Å²) in [5.74, 6) is -0.0669. The molecule has 1 aromatic rings. The van der Waals surface area contributed by atoms with Crippen molar-refractivity contribution in [2.45, 2.75) is 53.0 Å². The molecule has 0 aliphatic heterocycles. The highest BCUT2D eigenvalue weighted by molar-refractivity contribution is 5.94. The Hall–Kier alpha value is -1.82. The van der Waals surface area contributed by atoms with E-state index in [9.17, 15) is 4.79 Å². The third kappa shape index (κ3) is 5.44. The van der Waals surface area contributed by atoms with Gasteiger partial charge in [0.1, 0.15) is 0 Å². The summed E-state index contributed by atoms with van der Waals surface area (Å²) in [5, 5.41) is 11.7. The molecule has 0 spiro atoms. The lowest BCUT2D eigenvalue weighted by molar-refractivity contribution is 0.0891. The zero-order valence-electron chi connectivity index (χ0n) is 13.1. The molecule has 0 unspecified atom stereocenters. The molecule has 3 nitrogen and oxygen atoms in total. The number of carbonyl (C=O) groups is 1. The van der Waals surface area contributed by atoms with Gasteiger partial charge in [0, 0.05) is 11.1 Å². The molecule has 0 saturated heterocycles.